The molecule has 0 aliphatic rings. The summed E-state index contributed by atoms with van der Waals surface area (Å²) in [5.74, 6) is -0.653. The molecule has 0 saturated carbocycles. The Kier molecular flexibility index (Phi) is 5.84. The van der Waals surface area contributed by atoms with Crippen LogP contribution in [-0.2, 0) is 10.0 Å². The van der Waals surface area contributed by atoms with Crippen LogP contribution in [0.25, 0.3) is 28.1 Å². The van der Waals surface area contributed by atoms with Gasteiger partial charge in [0.05, 0.1) is 23.1 Å². The van der Waals surface area contributed by atoms with Gasteiger partial charge in [-0.25, -0.2) is 17.8 Å². The smallest absolute Gasteiger partial charge is 0.291 e. The van der Waals surface area contributed by atoms with E-state index in [1.807, 2.05) is 6.07 Å². The van der Waals surface area contributed by atoms with Crippen LogP contribution in [0.2, 0.25) is 0 Å². The standard InChI is InChI=1S/C22H15F4N5O2S/c1-13(22(24,25)26)30-34(32,33)16-7-8-19(28-12-16)20-18(10-27)17-9-14(23)11-29-21(17)31(20)15-5-3-2-4-6-15/h2-9,11-13,30H,1H3/t13-/m0/s1. The third kappa shape index (κ3) is 4.23. The molecule has 3 aromatic heterocycles. The lowest BCUT2D eigenvalue weighted by atomic mass is 10.1. The van der Waals surface area contributed by atoms with E-state index in [0.717, 1.165) is 24.5 Å². The number of rotatable bonds is 5. The second kappa shape index (κ2) is 8.51. The maximum absolute atomic E-state index is 13.9. The molecule has 1 aromatic carbocycles. The number of hydrogen-bond donors (Lipinski definition) is 1. The molecule has 0 saturated heterocycles. The highest BCUT2D eigenvalue weighted by molar-refractivity contribution is 7.89. The van der Waals surface area contributed by atoms with Crippen LogP contribution in [0.15, 0.2) is 65.8 Å². The summed E-state index contributed by atoms with van der Waals surface area (Å²) in [6.45, 7) is 0.684. The van der Waals surface area contributed by atoms with Crippen molar-refractivity contribution in [2.45, 2.75) is 24.0 Å². The normalized spacial score (nSPS) is 13.1. The van der Waals surface area contributed by atoms with Crippen molar-refractivity contribution in [3.05, 3.63) is 72.3 Å². The number of nitrogens with one attached hydrogen (secondary N) is 1. The van der Waals surface area contributed by atoms with Crippen LogP contribution in [0.3, 0.4) is 0 Å². The van der Waals surface area contributed by atoms with E-state index >= 15 is 0 Å². The molecule has 174 valence electrons. The van der Waals surface area contributed by atoms with Crippen molar-refractivity contribution in [3.63, 3.8) is 0 Å². The van der Waals surface area contributed by atoms with Crippen LogP contribution in [0, 0.1) is 17.1 Å². The van der Waals surface area contributed by atoms with Crippen LogP contribution in [-0.4, -0.2) is 35.2 Å². The fraction of sp³-hybridized carbons (Fsp3) is 0.136. The molecule has 0 aliphatic heterocycles. The lowest BCUT2D eigenvalue weighted by molar-refractivity contribution is -0.147. The predicted molar refractivity (Wildman–Crippen MR) is 115 cm³/mol. The lowest BCUT2D eigenvalue weighted by Crippen LogP contribution is -2.42. The molecule has 34 heavy (non-hydrogen) atoms. The van der Waals surface area contributed by atoms with Crippen LogP contribution in [0.5, 0.6) is 0 Å². The van der Waals surface area contributed by atoms with E-state index in [9.17, 15) is 31.2 Å². The number of sulfonamides is 1. The number of nitrogens with zero attached hydrogens (tertiary/aromatic N) is 4. The summed E-state index contributed by atoms with van der Waals surface area (Å²) < 4.78 is 80.2. The van der Waals surface area contributed by atoms with Gasteiger partial charge in [0, 0.05) is 17.3 Å². The van der Waals surface area contributed by atoms with E-state index < -0.39 is 33.0 Å². The molecule has 0 unspecified atom stereocenters. The van der Waals surface area contributed by atoms with Gasteiger partial charge < -0.3 is 0 Å². The van der Waals surface area contributed by atoms with Gasteiger partial charge in [0.1, 0.15) is 28.5 Å². The van der Waals surface area contributed by atoms with Gasteiger partial charge in [-0.1, -0.05) is 18.2 Å². The number of alkyl halides is 3. The summed E-state index contributed by atoms with van der Waals surface area (Å²) in [5, 5.41) is 10.1. The van der Waals surface area contributed by atoms with E-state index in [0.29, 0.717) is 12.6 Å². The van der Waals surface area contributed by atoms with Gasteiger partial charge in [-0.2, -0.15) is 23.2 Å². The Morgan fingerprint density at radius 2 is 1.79 bits per heavy atom. The SMILES string of the molecule is C[C@H](NS(=O)(=O)c1ccc(-c2c(C#N)c3cc(F)cnc3n2-c2ccccc2)nc1)C(F)(F)F. The molecule has 0 fully saturated rings. The molecular weight excluding hydrogens is 474 g/mol. The number of nitriles is 1. The van der Waals surface area contributed by atoms with E-state index in [1.165, 1.54) is 6.07 Å². The minimum absolute atomic E-state index is 0.0535. The zero-order valence-corrected chi connectivity index (χ0v) is 18.2. The summed E-state index contributed by atoms with van der Waals surface area (Å²) in [6, 6.07) is 12.0. The Labute approximate surface area is 191 Å². The minimum Gasteiger partial charge on any atom is -0.291 e. The summed E-state index contributed by atoms with van der Waals surface area (Å²) in [6.07, 6.45) is -2.87. The summed E-state index contributed by atoms with van der Waals surface area (Å²) in [7, 11) is -4.52. The number of para-hydroxylation sites is 1. The Morgan fingerprint density at radius 3 is 2.38 bits per heavy atom. The van der Waals surface area contributed by atoms with Crippen molar-refractivity contribution in [2.24, 2.45) is 0 Å². The van der Waals surface area contributed by atoms with Gasteiger partial charge in [-0.3, -0.25) is 9.55 Å². The highest BCUT2D eigenvalue weighted by atomic mass is 32.2. The van der Waals surface area contributed by atoms with E-state index in [2.05, 4.69) is 9.97 Å². The van der Waals surface area contributed by atoms with Crippen molar-refractivity contribution in [2.75, 3.05) is 0 Å². The molecular formula is C22H15F4N5O2S. The second-order valence-electron chi connectivity index (χ2n) is 7.29. The van der Waals surface area contributed by atoms with Crippen molar-refractivity contribution in [3.8, 4) is 23.1 Å². The van der Waals surface area contributed by atoms with Gasteiger partial charge in [0.15, 0.2) is 0 Å². The second-order valence-corrected chi connectivity index (χ2v) is 9.01. The Balaban J connectivity index is 1.87. The maximum atomic E-state index is 13.9. The molecule has 1 atom stereocenters. The first-order valence-corrected chi connectivity index (χ1v) is 11.2. The fourth-order valence-corrected chi connectivity index (χ4v) is 4.54. The van der Waals surface area contributed by atoms with Crippen LogP contribution < -0.4 is 4.72 Å². The fourth-order valence-electron chi connectivity index (χ4n) is 3.37. The van der Waals surface area contributed by atoms with E-state index in [1.54, 1.807) is 39.6 Å². The predicted octanol–water partition coefficient (Wildman–Crippen LogP) is 4.33. The Bertz CT molecular complexity index is 1510. The lowest BCUT2D eigenvalue weighted by Gasteiger charge is -2.17. The average molecular weight is 489 g/mol. The number of fused-ring (bicyclic) bond motifs is 1. The maximum Gasteiger partial charge on any atom is 0.404 e. The number of pyridine rings is 2. The quantitative estimate of drug-likeness (QED) is 0.421. The van der Waals surface area contributed by atoms with E-state index in [-0.39, 0.29) is 28.0 Å². The number of benzene rings is 1. The summed E-state index contributed by atoms with van der Waals surface area (Å²) >= 11 is 0. The molecule has 7 nitrogen and oxygen atoms in total. The minimum atomic E-state index is -4.76. The Morgan fingerprint density at radius 1 is 1.09 bits per heavy atom. The van der Waals surface area contributed by atoms with Gasteiger partial charge in [0.2, 0.25) is 10.0 Å². The molecule has 0 amide bonds. The number of aromatic nitrogens is 3. The monoisotopic (exact) mass is 489 g/mol. The van der Waals surface area contributed by atoms with Crippen LogP contribution >= 0.6 is 0 Å². The van der Waals surface area contributed by atoms with Crippen molar-refractivity contribution in [1.82, 2.24) is 19.3 Å². The van der Waals surface area contributed by atoms with Crippen molar-refractivity contribution >= 4 is 21.1 Å². The van der Waals surface area contributed by atoms with Crippen LogP contribution in [0.4, 0.5) is 17.6 Å². The first-order valence-electron chi connectivity index (χ1n) is 9.74. The van der Waals surface area contributed by atoms with Gasteiger partial charge in [0.25, 0.3) is 0 Å². The molecule has 1 N–H and O–H groups in total. The zero-order valence-electron chi connectivity index (χ0n) is 17.4. The Hall–Kier alpha value is -3.82. The van der Waals surface area contributed by atoms with Gasteiger partial charge >= 0.3 is 6.18 Å². The molecule has 3 heterocycles. The first kappa shape index (κ1) is 23.3. The molecule has 0 spiro atoms. The first-order chi connectivity index (χ1) is 16.0. The summed E-state index contributed by atoms with van der Waals surface area (Å²) in [4.78, 5) is 7.74. The molecule has 0 radical (unpaired) electrons. The summed E-state index contributed by atoms with van der Waals surface area (Å²) in [5.41, 5.74) is 1.28. The molecule has 12 heteroatoms. The zero-order chi connectivity index (χ0) is 24.7. The average Bonchev–Trinajstić information content (AvgIpc) is 3.12. The van der Waals surface area contributed by atoms with Gasteiger partial charge in [-0.15, -0.1) is 0 Å². The van der Waals surface area contributed by atoms with Crippen molar-refractivity contribution in [1.29, 1.82) is 5.26 Å². The molecule has 4 rings (SSSR count). The molecule has 0 bridgehead atoms. The van der Waals surface area contributed by atoms with Crippen molar-refractivity contribution < 1.29 is 26.0 Å². The van der Waals surface area contributed by atoms with E-state index in [4.69, 9.17) is 0 Å². The highest BCUT2D eigenvalue weighted by Crippen LogP contribution is 2.35. The third-order valence-electron chi connectivity index (χ3n) is 5.01. The largest absolute Gasteiger partial charge is 0.404 e. The number of hydrogen-bond acceptors (Lipinski definition) is 5. The topological polar surface area (TPSA) is 101 Å². The third-order valence-corrected chi connectivity index (χ3v) is 6.54. The highest BCUT2D eigenvalue weighted by Gasteiger charge is 2.39. The van der Waals surface area contributed by atoms with Crippen LogP contribution in [0.1, 0.15) is 12.5 Å². The van der Waals surface area contributed by atoms with Gasteiger partial charge in [-0.05, 0) is 37.3 Å². The molecule has 0 aliphatic carbocycles. The molecule has 4 aromatic rings. The number of halogens is 4.